The van der Waals surface area contributed by atoms with E-state index in [0.717, 1.165) is 0 Å². The molecule has 2 N–H and O–H groups in total. The number of carbonyl (C=O) groups excluding carboxylic acids is 3. The molecule has 7 nitrogen and oxygen atoms in total. The van der Waals surface area contributed by atoms with E-state index in [0.29, 0.717) is 11.3 Å². The second-order valence-electron chi connectivity index (χ2n) is 5.26. The van der Waals surface area contributed by atoms with E-state index in [4.69, 9.17) is 0 Å². The van der Waals surface area contributed by atoms with E-state index in [1.807, 2.05) is 5.32 Å². The number of aliphatic hydroxyl groups is 1. The second-order valence-corrected chi connectivity index (χ2v) is 6.12. The number of thiazole rings is 1. The molecule has 2 rings (SSSR count). The first-order valence-corrected chi connectivity index (χ1v) is 7.66. The summed E-state index contributed by atoms with van der Waals surface area (Å²) < 4.78 is 44.4. The number of rotatable bonds is 4. The Kier molecular flexibility index (Phi) is 4.95. The summed E-state index contributed by atoms with van der Waals surface area (Å²) in [6, 6.07) is 0. The van der Waals surface area contributed by atoms with Gasteiger partial charge in [-0.15, -0.1) is 11.3 Å². The van der Waals surface area contributed by atoms with Crippen LogP contribution in [0.4, 0.5) is 13.2 Å². The highest BCUT2D eigenvalue weighted by Crippen LogP contribution is 2.43. The van der Waals surface area contributed by atoms with Crippen molar-refractivity contribution in [3.8, 4) is 0 Å². The van der Waals surface area contributed by atoms with Crippen LogP contribution in [0.25, 0.3) is 0 Å². The Morgan fingerprint density at radius 2 is 2.17 bits per heavy atom. The maximum Gasteiger partial charge on any atom is 0.424 e. The van der Waals surface area contributed by atoms with E-state index in [1.165, 1.54) is 12.3 Å². The number of carbonyl (C=O) groups is 3. The summed E-state index contributed by atoms with van der Waals surface area (Å²) in [6.07, 6.45) is -8.20. The number of aryl methyl sites for hydroxylation is 1. The van der Waals surface area contributed by atoms with Gasteiger partial charge in [-0.05, 0) is 6.92 Å². The zero-order chi connectivity index (χ0) is 18.1. The summed E-state index contributed by atoms with van der Waals surface area (Å²) in [7, 11) is 0. The normalized spacial score (nSPS) is 21.1. The lowest BCUT2D eigenvalue weighted by molar-refractivity contribution is -0.270. The van der Waals surface area contributed by atoms with Gasteiger partial charge in [0, 0.05) is 23.9 Å². The minimum Gasteiger partial charge on any atom is -0.452 e. The molecule has 0 spiro atoms. The molecule has 11 heteroatoms. The highest BCUT2D eigenvalue weighted by molar-refractivity contribution is 7.09. The molecular formula is C13H13F3N2O5S. The number of hydrogen-bond donors (Lipinski definition) is 2. The summed E-state index contributed by atoms with van der Waals surface area (Å²) in [5, 5.41) is 12.5. The van der Waals surface area contributed by atoms with Gasteiger partial charge in [0.1, 0.15) is 5.01 Å². The highest BCUT2D eigenvalue weighted by Gasteiger charge is 2.58. The number of ether oxygens (including phenoxy) is 1. The Bertz CT molecular complexity index is 675. The van der Waals surface area contributed by atoms with E-state index < -0.39 is 47.1 Å². The van der Waals surface area contributed by atoms with Crippen molar-refractivity contribution in [1.82, 2.24) is 10.3 Å². The van der Waals surface area contributed by atoms with Crippen molar-refractivity contribution in [2.45, 2.75) is 44.1 Å². The summed E-state index contributed by atoms with van der Waals surface area (Å²) in [4.78, 5) is 37.9. The third-order valence-corrected chi connectivity index (χ3v) is 4.42. The SMILES string of the molecule is Cc1csc(C(O)(CC(=O)OC2CCC(=O)NC2=O)C(F)(F)F)n1. The van der Waals surface area contributed by atoms with Crippen LogP contribution in [0.1, 0.15) is 30.0 Å². The van der Waals surface area contributed by atoms with Gasteiger partial charge in [-0.2, -0.15) is 13.2 Å². The molecule has 2 atom stereocenters. The zero-order valence-electron chi connectivity index (χ0n) is 12.3. The van der Waals surface area contributed by atoms with E-state index in [9.17, 15) is 32.7 Å². The van der Waals surface area contributed by atoms with Gasteiger partial charge in [0.2, 0.25) is 11.5 Å². The van der Waals surface area contributed by atoms with Crippen LogP contribution in [-0.2, 0) is 24.7 Å². The van der Waals surface area contributed by atoms with Crippen molar-refractivity contribution in [3.05, 3.63) is 16.1 Å². The number of nitrogens with zero attached hydrogens (tertiary/aromatic N) is 1. The van der Waals surface area contributed by atoms with Gasteiger partial charge in [0.05, 0.1) is 6.42 Å². The first-order chi connectivity index (χ1) is 11.0. The summed E-state index contributed by atoms with van der Waals surface area (Å²) >= 11 is 0.559. The van der Waals surface area contributed by atoms with Crippen LogP contribution in [0.3, 0.4) is 0 Å². The molecule has 2 unspecified atom stereocenters. The van der Waals surface area contributed by atoms with Crippen LogP contribution >= 0.6 is 11.3 Å². The molecule has 1 aliphatic rings. The molecule has 132 valence electrons. The first-order valence-electron chi connectivity index (χ1n) is 6.78. The Morgan fingerprint density at radius 1 is 1.50 bits per heavy atom. The lowest BCUT2D eigenvalue weighted by Crippen LogP contribution is -2.48. The Hall–Kier alpha value is -2.01. The van der Waals surface area contributed by atoms with Crippen molar-refractivity contribution >= 4 is 29.1 Å². The van der Waals surface area contributed by atoms with Gasteiger partial charge in [0.15, 0.2) is 6.10 Å². The average molecular weight is 366 g/mol. The molecule has 1 aromatic rings. The monoisotopic (exact) mass is 366 g/mol. The van der Waals surface area contributed by atoms with Crippen molar-refractivity contribution in [2.75, 3.05) is 0 Å². The summed E-state index contributed by atoms with van der Waals surface area (Å²) in [6.45, 7) is 1.44. The molecule has 0 saturated carbocycles. The van der Waals surface area contributed by atoms with Crippen LogP contribution in [0, 0.1) is 6.92 Å². The standard InChI is InChI=1S/C13H13F3N2O5S/c1-6-5-24-11(17-6)12(22,13(14,15)16)4-9(20)23-7-2-3-8(19)18-10(7)21/h5,7,22H,2-4H2,1H3,(H,18,19,21). The van der Waals surface area contributed by atoms with Gasteiger partial charge in [-0.3, -0.25) is 19.7 Å². The number of esters is 1. The van der Waals surface area contributed by atoms with E-state index >= 15 is 0 Å². The molecule has 0 radical (unpaired) electrons. The minimum atomic E-state index is -5.17. The Labute approximate surface area is 137 Å². The number of hydrogen-bond acceptors (Lipinski definition) is 7. The third kappa shape index (κ3) is 3.73. The zero-order valence-corrected chi connectivity index (χ0v) is 13.2. The molecule has 1 fully saturated rings. The molecule has 2 heterocycles. The quantitative estimate of drug-likeness (QED) is 0.607. The largest absolute Gasteiger partial charge is 0.452 e. The summed E-state index contributed by atoms with van der Waals surface area (Å²) in [5.41, 5.74) is -3.25. The lowest BCUT2D eigenvalue weighted by atomic mass is 9.99. The predicted molar refractivity (Wildman–Crippen MR) is 73.7 cm³/mol. The van der Waals surface area contributed by atoms with Crippen LogP contribution in [-0.4, -0.2) is 40.2 Å². The topological polar surface area (TPSA) is 106 Å². The fourth-order valence-corrected chi connectivity index (χ4v) is 2.95. The molecule has 0 aromatic carbocycles. The maximum absolute atomic E-state index is 13.3. The number of amides is 2. The first kappa shape index (κ1) is 18.3. The Balaban J connectivity index is 2.14. The maximum atomic E-state index is 13.3. The summed E-state index contributed by atoms with van der Waals surface area (Å²) in [5.74, 6) is -2.88. The number of imide groups is 1. The van der Waals surface area contributed by atoms with Gasteiger partial charge >= 0.3 is 12.1 Å². The van der Waals surface area contributed by atoms with Crippen LogP contribution < -0.4 is 5.32 Å². The molecule has 24 heavy (non-hydrogen) atoms. The molecular weight excluding hydrogens is 353 g/mol. The molecule has 1 aliphatic heterocycles. The van der Waals surface area contributed by atoms with Gasteiger partial charge in [-0.1, -0.05) is 0 Å². The fourth-order valence-electron chi connectivity index (χ4n) is 2.04. The molecule has 2 amide bonds. The van der Waals surface area contributed by atoms with Gasteiger partial charge in [-0.25, -0.2) is 4.98 Å². The van der Waals surface area contributed by atoms with Crippen molar-refractivity contribution in [2.24, 2.45) is 0 Å². The van der Waals surface area contributed by atoms with Crippen molar-refractivity contribution in [1.29, 1.82) is 0 Å². The van der Waals surface area contributed by atoms with E-state index in [1.54, 1.807) is 0 Å². The minimum absolute atomic E-state index is 0.0983. The molecule has 0 bridgehead atoms. The second kappa shape index (κ2) is 6.48. The average Bonchev–Trinajstić information content (AvgIpc) is 2.87. The van der Waals surface area contributed by atoms with Crippen molar-refractivity contribution < 1.29 is 37.4 Å². The number of piperidine rings is 1. The fraction of sp³-hybridized carbons (Fsp3) is 0.538. The van der Waals surface area contributed by atoms with E-state index in [-0.39, 0.29) is 18.5 Å². The van der Waals surface area contributed by atoms with Crippen LogP contribution in [0.15, 0.2) is 5.38 Å². The number of halogens is 3. The van der Waals surface area contributed by atoms with Crippen LogP contribution in [0.5, 0.6) is 0 Å². The van der Waals surface area contributed by atoms with Crippen molar-refractivity contribution in [3.63, 3.8) is 0 Å². The van der Waals surface area contributed by atoms with Gasteiger partial charge in [0.25, 0.3) is 5.91 Å². The number of nitrogens with one attached hydrogen (secondary N) is 1. The third-order valence-electron chi connectivity index (χ3n) is 3.30. The molecule has 0 aliphatic carbocycles. The lowest BCUT2D eigenvalue weighted by Gasteiger charge is -2.28. The molecule has 1 saturated heterocycles. The van der Waals surface area contributed by atoms with E-state index in [2.05, 4.69) is 9.72 Å². The van der Waals surface area contributed by atoms with Crippen LogP contribution in [0.2, 0.25) is 0 Å². The van der Waals surface area contributed by atoms with Gasteiger partial charge < -0.3 is 9.84 Å². The predicted octanol–water partition coefficient (Wildman–Crippen LogP) is 0.940. The number of alkyl halides is 3. The smallest absolute Gasteiger partial charge is 0.424 e. The highest BCUT2D eigenvalue weighted by atomic mass is 32.1. The Morgan fingerprint density at radius 3 is 2.67 bits per heavy atom. The molecule has 1 aromatic heterocycles. The number of aromatic nitrogens is 1.